The minimum Gasteiger partial charge on any atom is -0.495 e. The molecule has 0 bridgehead atoms. The van der Waals surface area contributed by atoms with Crippen LogP contribution >= 0.6 is 11.6 Å². The third-order valence-electron chi connectivity index (χ3n) is 5.10. The maximum atomic E-state index is 13.8. The number of amides is 1. The Balaban J connectivity index is 1.50. The van der Waals surface area contributed by atoms with Crippen LogP contribution < -0.4 is 4.74 Å². The molecular weight excluding hydrogens is 432 g/mol. The van der Waals surface area contributed by atoms with Gasteiger partial charge in [0, 0.05) is 24.7 Å². The molecule has 1 amide bonds. The maximum Gasteiger partial charge on any atom is 0.309 e. The lowest BCUT2D eigenvalue weighted by atomic mass is 9.96. The summed E-state index contributed by atoms with van der Waals surface area (Å²) < 4.78 is 37.0. The molecule has 9 heteroatoms. The van der Waals surface area contributed by atoms with Gasteiger partial charge in [-0.3, -0.25) is 14.4 Å². The first-order valence-electron chi connectivity index (χ1n) is 9.58. The van der Waals surface area contributed by atoms with Crippen LogP contribution in [0, 0.1) is 17.6 Å². The molecule has 3 rings (SSSR count). The molecule has 0 radical (unpaired) electrons. The second-order valence-electron chi connectivity index (χ2n) is 7.07. The van der Waals surface area contributed by atoms with Gasteiger partial charge in [-0.2, -0.15) is 0 Å². The number of Topliss-reactive ketones (excluding diaryl/α,β-unsaturated/α-hetero) is 1. The van der Waals surface area contributed by atoms with Crippen LogP contribution in [0.3, 0.4) is 0 Å². The summed E-state index contributed by atoms with van der Waals surface area (Å²) in [6.07, 6.45) is 0.631. The van der Waals surface area contributed by atoms with Gasteiger partial charge in [-0.15, -0.1) is 0 Å². The Kier molecular flexibility index (Phi) is 7.22. The normalized spacial score (nSPS) is 14.3. The van der Waals surface area contributed by atoms with Crippen LogP contribution in [0.2, 0.25) is 5.02 Å². The number of hydrogen-bond acceptors (Lipinski definition) is 5. The van der Waals surface area contributed by atoms with Gasteiger partial charge in [0.2, 0.25) is 0 Å². The van der Waals surface area contributed by atoms with E-state index in [2.05, 4.69) is 0 Å². The Labute approximate surface area is 182 Å². The van der Waals surface area contributed by atoms with Crippen molar-refractivity contribution in [3.63, 3.8) is 0 Å². The van der Waals surface area contributed by atoms with Gasteiger partial charge in [0.05, 0.1) is 23.6 Å². The maximum absolute atomic E-state index is 13.8. The average Bonchev–Trinajstić information content (AvgIpc) is 2.76. The molecule has 1 heterocycles. The molecule has 1 aliphatic heterocycles. The van der Waals surface area contributed by atoms with E-state index in [4.69, 9.17) is 21.1 Å². The first-order chi connectivity index (χ1) is 14.8. The van der Waals surface area contributed by atoms with Crippen molar-refractivity contribution in [1.29, 1.82) is 0 Å². The first kappa shape index (κ1) is 22.7. The van der Waals surface area contributed by atoms with E-state index in [-0.39, 0.29) is 23.7 Å². The van der Waals surface area contributed by atoms with Crippen LogP contribution in [0.15, 0.2) is 36.4 Å². The van der Waals surface area contributed by atoms with Gasteiger partial charge in [-0.25, -0.2) is 8.78 Å². The zero-order valence-corrected chi connectivity index (χ0v) is 17.5. The predicted molar refractivity (Wildman–Crippen MR) is 108 cm³/mol. The number of rotatable bonds is 6. The minimum atomic E-state index is -0.927. The van der Waals surface area contributed by atoms with Gasteiger partial charge in [-0.05, 0) is 43.2 Å². The lowest BCUT2D eigenvalue weighted by Crippen LogP contribution is -2.41. The molecule has 0 saturated carbocycles. The summed E-state index contributed by atoms with van der Waals surface area (Å²) in [5.41, 5.74) is 0.0755. The zero-order chi connectivity index (χ0) is 22.5. The first-order valence-corrected chi connectivity index (χ1v) is 9.95. The third kappa shape index (κ3) is 5.38. The average molecular weight is 452 g/mol. The number of nitrogens with zero attached hydrogens (tertiary/aromatic N) is 1. The Morgan fingerprint density at radius 1 is 1.10 bits per heavy atom. The fraction of sp³-hybridized carbons (Fsp3) is 0.318. The number of benzene rings is 2. The highest BCUT2D eigenvalue weighted by atomic mass is 35.5. The lowest BCUT2D eigenvalue weighted by molar-refractivity contribution is -0.148. The van der Waals surface area contributed by atoms with Crippen molar-refractivity contribution in [1.82, 2.24) is 4.90 Å². The summed E-state index contributed by atoms with van der Waals surface area (Å²) in [6, 6.07) is 7.30. The number of ketones is 1. The number of methoxy groups -OCH3 is 1. The number of piperidine rings is 1. The summed E-state index contributed by atoms with van der Waals surface area (Å²) in [4.78, 5) is 38.4. The number of hydrogen-bond donors (Lipinski definition) is 0. The molecule has 6 nitrogen and oxygen atoms in total. The molecule has 2 aromatic rings. The summed E-state index contributed by atoms with van der Waals surface area (Å²) in [6.45, 7) is 0.0102. The Hall–Kier alpha value is -3.00. The number of ether oxygens (including phenoxy) is 2. The van der Waals surface area contributed by atoms with E-state index in [0.717, 1.165) is 12.1 Å². The summed E-state index contributed by atoms with van der Waals surface area (Å²) in [7, 11) is 1.46. The zero-order valence-electron chi connectivity index (χ0n) is 16.7. The monoisotopic (exact) mass is 451 g/mol. The SMILES string of the molecule is COc1ccc(C(=O)COC(=O)C2CCN(C(=O)c3ccc(F)cc3F)CC2)cc1Cl. The third-order valence-corrected chi connectivity index (χ3v) is 5.39. The van der Waals surface area contributed by atoms with Gasteiger partial charge in [0.15, 0.2) is 12.4 Å². The van der Waals surface area contributed by atoms with E-state index in [1.807, 2.05) is 0 Å². The molecule has 1 fully saturated rings. The quantitative estimate of drug-likeness (QED) is 0.492. The van der Waals surface area contributed by atoms with Crippen LogP contribution in [0.25, 0.3) is 0 Å². The van der Waals surface area contributed by atoms with Gasteiger partial charge < -0.3 is 14.4 Å². The number of carbonyl (C=O) groups is 3. The second-order valence-corrected chi connectivity index (χ2v) is 7.48. The highest BCUT2D eigenvalue weighted by molar-refractivity contribution is 6.32. The van der Waals surface area contributed by atoms with E-state index in [1.165, 1.54) is 24.1 Å². The van der Waals surface area contributed by atoms with Crippen molar-refractivity contribution in [2.45, 2.75) is 12.8 Å². The smallest absolute Gasteiger partial charge is 0.309 e. The standard InChI is InChI=1S/C22H20ClF2NO5/c1-30-20-5-2-14(10-17(20)23)19(27)12-31-22(29)13-6-8-26(9-7-13)21(28)16-4-3-15(24)11-18(16)25/h2-5,10-11,13H,6-9,12H2,1H3. The van der Waals surface area contributed by atoms with E-state index >= 15 is 0 Å². The predicted octanol–water partition coefficient (Wildman–Crippen LogP) is 3.91. The van der Waals surface area contributed by atoms with E-state index in [9.17, 15) is 23.2 Å². The Bertz CT molecular complexity index is 1010. The molecule has 0 atom stereocenters. The molecule has 164 valence electrons. The van der Waals surface area contributed by atoms with Crippen molar-refractivity contribution in [2.75, 3.05) is 26.8 Å². The van der Waals surface area contributed by atoms with Crippen molar-refractivity contribution in [3.8, 4) is 5.75 Å². The molecule has 0 unspecified atom stereocenters. The van der Waals surface area contributed by atoms with Crippen LogP contribution in [-0.2, 0) is 9.53 Å². The molecule has 31 heavy (non-hydrogen) atoms. The number of halogens is 3. The van der Waals surface area contributed by atoms with Crippen LogP contribution in [0.5, 0.6) is 5.75 Å². The van der Waals surface area contributed by atoms with Gasteiger partial charge >= 0.3 is 5.97 Å². The fourth-order valence-corrected chi connectivity index (χ4v) is 3.59. The van der Waals surface area contributed by atoms with Crippen molar-refractivity contribution in [2.24, 2.45) is 5.92 Å². The Morgan fingerprint density at radius 3 is 2.42 bits per heavy atom. The van der Waals surface area contributed by atoms with Crippen molar-refractivity contribution >= 4 is 29.3 Å². The molecule has 2 aromatic carbocycles. The summed E-state index contributed by atoms with van der Waals surface area (Å²) >= 11 is 6.00. The number of esters is 1. The Morgan fingerprint density at radius 2 is 1.81 bits per heavy atom. The fourth-order valence-electron chi connectivity index (χ4n) is 3.33. The largest absolute Gasteiger partial charge is 0.495 e. The van der Waals surface area contributed by atoms with Gasteiger partial charge in [0.1, 0.15) is 17.4 Å². The van der Waals surface area contributed by atoms with E-state index in [0.29, 0.717) is 30.2 Å². The second kappa shape index (κ2) is 9.87. The van der Waals surface area contributed by atoms with E-state index in [1.54, 1.807) is 6.07 Å². The van der Waals surface area contributed by atoms with Crippen LogP contribution in [0.4, 0.5) is 8.78 Å². The highest BCUT2D eigenvalue weighted by Gasteiger charge is 2.30. The molecule has 0 N–H and O–H groups in total. The van der Waals surface area contributed by atoms with Crippen molar-refractivity contribution < 1.29 is 32.6 Å². The van der Waals surface area contributed by atoms with Gasteiger partial charge in [-0.1, -0.05) is 11.6 Å². The molecule has 0 spiro atoms. The van der Waals surface area contributed by atoms with Crippen molar-refractivity contribution in [3.05, 3.63) is 64.2 Å². The van der Waals surface area contributed by atoms with E-state index < -0.39 is 41.8 Å². The summed E-state index contributed by atoms with van der Waals surface area (Å²) in [5, 5.41) is 0.273. The topological polar surface area (TPSA) is 72.9 Å². The molecule has 1 saturated heterocycles. The highest BCUT2D eigenvalue weighted by Crippen LogP contribution is 2.25. The molecule has 1 aliphatic rings. The molecule has 0 aromatic heterocycles. The summed E-state index contributed by atoms with van der Waals surface area (Å²) in [5.74, 6) is -3.24. The lowest BCUT2D eigenvalue weighted by Gasteiger charge is -2.31. The van der Waals surface area contributed by atoms with Gasteiger partial charge in [0.25, 0.3) is 5.91 Å². The number of carbonyl (C=O) groups excluding carboxylic acids is 3. The van der Waals surface area contributed by atoms with Crippen LogP contribution in [-0.4, -0.2) is 49.4 Å². The number of likely N-dealkylation sites (tertiary alicyclic amines) is 1. The molecule has 0 aliphatic carbocycles. The minimum absolute atomic E-state index is 0.217. The van der Waals surface area contributed by atoms with Crippen LogP contribution in [0.1, 0.15) is 33.6 Å². The molecular formula is C22H20ClF2NO5.